The molecule has 7 heteroatoms. The van der Waals surface area contributed by atoms with Crippen LogP contribution in [-0.2, 0) is 0 Å². The third-order valence-electron chi connectivity index (χ3n) is 3.44. The first kappa shape index (κ1) is 15.7. The Labute approximate surface area is 138 Å². The highest BCUT2D eigenvalue weighted by Gasteiger charge is 2.05. The number of hydrogen-bond donors (Lipinski definition) is 1. The van der Waals surface area contributed by atoms with Gasteiger partial charge in [0.05, 0.1) is 11.5 Å². The van der Waals surface area contributed by atoms with Gasteiger partial charge in [0.2, 0.25) is 0 Å². The standard InChI is InChI=1S/C17H16N4O3/c22-21(23)14-7-8-16(20-12-14)18-10-3-11-24-15-6-1-4-13-5-2-9-19-17(13)15/h1-2,4-9,12H,3,10-11H2,(H,18,20). The fraction of sp³-hybridized carbons (Fsp3) is 0.176. The second-order valence-electron chi connectivity index (χ2n) is 5.12. The van der Waals surface area contributed by atoms with Crippen LogP contribution in [0.2, 0.25) is 0 Å². The minimum atomic E-state index is -0.469. The molecular weight excluding hydrogens is 308 g/mol. The van der Waals surface area contributed by atoms with Crippen LogP contribution in [0.5, 0.6) is 5.75 Å². The van der Waals surface area contributed by atoms with Crippen molar-refractivity contribution in [3.63, 3.8) is 0 Å². The van der Waals surface area contributed by atoms with Gasteiger partial charge in [-0.15, -0.1) is 0 Å². The van der Waals surface area contributed by atoms with Crippen molar-refractivity contribution in [2.75, 3.05) is 18.5 Å². The van der Waals surface area contributed by atoms with Gasteiger partial charge in [-0.3, -0.25) is 15.1 Å². The van der Waals surface area contributed by atoms with E-state index in [-0.39, 0.29) is 5.69 Å². The van der Waals surface area contributed by atoms with Gasteiger partial charge >= 0.3 is 0 Å². The molecule has 0 spiro atoms. The predicted molar refractivity (Wildman–Crippen MR) is 91.2 cm³/mol. The number of nitrogens with one attached hydrogen (secondary N) is 1. The third-order valence-corrected chi connectivity index (χ3v) is 3.44. The van der Waals surface area contributed by atoms with Crippen molar-refractivity contribution in [2.45, 2.75) is 6.42 Å². The van der Waals surface area contributed by atoms with Crippen molar-refractivity contribution in [3.05, 3.63) is 65.0 Å². The Kier molecular flexibility index (Phi) is 4.81. The fourth-order valence-electron chi connectivity index (χ4n) is 2.26. The van der Waals surface area contributed by atoms with Crippen molar-refractivity contribution in [1.29, 1.82) is 0 Å². The van der Waals surface area contributed by atoms with Gasteiger partial charge in [0.15, 0.2) is 0 Å². The Morgan fingerprint density at radius 1 is 1.12 bits per heavy atom. The highest BCUT2D eigenvalue weighted by molar-refractivity contribution is 5.84. The molecule has 2 heterocycles. The zero-order chi connectivity index (χ0) is 16.8. The maximum absolute atomic E-state index is 10.6. The normalized spacial score (nSPS) is 10.5. The molecular formula is C17H16N4O3. The highest BCUT2D eigenvalue weighted by Crippen LogP contribution is 2.22. The van der Waals surface area contributed by atoms with Crippen LogP contribution in [0.15, 0.2) is 54.9 Å². The van der Waals surface area contributed by atoms with Crippen LogP contribution in [0.1, 0.15) is 6.42 Å². The quantitative estimate of drug-likeness (QED) is 0.407. The monoisotopic (exact) mass is 324 g/mol. The van der Waals surface area contributed by atoms with Crippen LogP contribution in [0.25, 0.3) is 10.9 Å². The molecule has 0 aliphatic carbocycles. The van der Waals surface area contributed by atoms with Crippen molar-refractivity contribution < 1.29 is 9.66 Å². The summed E-state index contributed by atoms with van der Waals surface area (Å²) < 4.78 is 5.80. The van der Waals surface area contributed by atoms with Gasteiger partial charge in [-0.2, -0.15) is 0 Å². The molecule has 0 saturated heterocycles. The summed E-state index contributed by atoms with van der Waals surface area (Å²) in [6.07, 6.45) is 3.75. The number of nitro groups is 1. The average Bonchev–Trinajstić information content (AvgIpc) is 2.62. The molecule has 0 fully saturated rings. The lowest BCUT2D eigenvalue weighted by Crippen LogP contribution is -2.08. The molecule has 0 saturated carbocycles. The van der Waals surface area contributed by atoms with E-state index in [4.69, 9.17) is 4.74 Å². The zero-order valence-electron chi connectivity index (χ0n) is 12.9. The Hall–Kier alpha value is -3.22. The van der Waals surface area contributed by atoms with Gasteiger partial charge < -0.3 is 10.1 Å². The van der Waals surface area contributed by atoms with Crippen LogP contribution in [-0.4, -0.2) is 28.0 Å². The second-order valence-corrected chi connectivity index (χ2v) is 5.12. The largest absolute Gasteiger partial charge is 0.491 e. The topological polar surface area (TPSA) is 90.2 Å². The minimum absolute atomic E-state index is 0.0210. The highest BCUT2D eigenvalue weighted by atomic mass is 16.6. The van der Waals surface area contributed by atoms with Crippen LogP contribution in [0.3, 0.4) is 0 Å². The van der Waals surface area contributed by atoms with Gasteiger partial charge in [-0.05, 0) is 24.6 Å². The molecule has 0 unspecified atom stereocenters. The van der Waals surface area contributed by atoms with Gasteiger partial charge in [-0.1, -0.05) is 18.2 Å². The maximum atomic E-state index is 10.6. The maximum Gasteiger partial charge on any atom is 0.287 e. The van der Waals surface area contributed by atoms with Crippen molar-refractivity contribution >= 4 is 22.4 Å². The second kappa shape index (κ2) is 7.36. The Morgan fingerprint density at radius 3 is 2.79 bits per heavy atom. The summed E-state index contributed by atoms with van der Waals surface area (Å²) >= 11 is 0. The number of aromatic nitrogens is 2. The number of hydrogen-bond acceptors (Lipinski definition) is 6. The van der Waals surface area contributed by atoms with E-state index in [2.05, 4.69) is 15.3 Å². The van der Waals surface area contributed by atoms with Crippen molar-refractivity contribution in [3.8, 4) is 5.75 Å². The summed E-state index contributed by atoms with van der Waals surface area (Å²) in [7, 11) is 0. The molecule has 122 valence electrons. The number of rotatable bonds is 7. The summed E-state index contributed by atoms with van der Waals surface area (Å²) in [5, 5.41) is 14.7. The van der Waals surface area contributed by atoms with E-state index >= 15 is 0 Å². The number of anilines is 1. The van der Waals surface area contributed by atoms with Crippen LogP contribution < -0.4 is 10.1 Å². The zero-order valence-corrected chi connectivity index (χ0v) is 12.9. The van der Waals surface area contributed by atoms with Crippen molar-refractivity contribution in [1.82, 2.24) is 9.97 Å². The van der Waals surface area contributed by atoms with Gasteiger partial charge in [-0.25, -0.2) is 4.98 Å². The molecule has 3 rings (SSSR count). The summed E-state index contributed by atoms with van der Waals surface area (Å²) in [6, 6.07) is 12.8. The Balaban J connectivity index is 1.47. The molecule has 3 aromatic rings. The van der Waals surface area contributed by atoms with E-state index in [1.807, 2.05) is 30.3 Å². The first-order valence-corrected chi connectivity index (χ1v) is 7.55. The molecule has 24 heavy (non-hydrogen) atoms. The molecule has 1 N–H and O–H groups in total. The Bertz CT molecular complexity index is 831. The molecule has 7 nitrogen and oxygen atoms in total. The van der Waals surface area contributed by atoms with E-state index in [9.17, 15) is 10.1 Å². The first-order valence-electron chi connectivity index (χ1n) is 7.55. The minimum Gasteiger partial charge on any atom is -0.491 e. The predicted octanol–water partition coefficient (Wildman–Crippen LogP) is 3.42. The molecule has 0 amide bonds. The van der Waals surface area contributed by atoms with Gasteiger partial charge in [0, 0.05) is 24.2 Å². The number of nitrogens with zero attached hydrogens (tertiary/aromatic N) is 3. The number of ether oxygens (including phenoxy) is 1. The number of benzene rings is 1. The number of fused-ring (bicyclic) bond motifs is 1. The molecule has 2 aromatic heterocycles. The van der Waals surface area contributed by atoms with Crippen LogP contribution in [0.4, 0.5) is 11.5 Å². The van der Waals surface area contributed by atoms with E-state index < -0.39 is 4.92 Å². The van der Waals surface area contributed by atoms with E-state index in [0.29, 0.717) is 19.0 Å². The average molecular weight is 324 g/mol. The lowest BCUT2D eigenvalue weighted by molar-refractivity contribution is -0.385. The third kappa shape index (κ3) is 3.75. The molecule has 0 aliphatic rings. The summed E-state index contributed by atoms with van der Waals surface area (Å²) in [4.78, 5) is 18.4. The molecule has 0 bridgehead atoms. The SMILES string of the molecule is O=[N+]([O-])c1ccc(NCCCOc2cccc3cccnc23)nc1. The molecule has 0 atom stereocenters. The van der Waals surface area contributed by atoms with E-state index in [0.717, 1.165) is 23.1 Å². The lowest BCUT2D eigenvalue weighted by atomic mass is 10.2. The number of para-hydroxylation sites is 1. The molecule has 0 radical (unpaired) electrons. The van der Waals surface area contributed by atoms with Crippen molar-refractivity contribution in [2.24, 2.45) is 0 Å². The number of pyridine rings is 2. The van der Waals surface area contributed by atoms with Gasteiger partial charge in [0.25, 0.3) is 5.69 Å². The summed E-state index contributed by atoms with van der Waals surface area (Å²) in [5.41, 5.74) is 0.831. The molecule has 1 aromatic carbocycles. The summed E-state index contributed by atoms with van der Waals surface area (Å²) in [5.74, 6) is 1.37. The lowest BCUT2D eigenvalue weighted by Gasteiger charge is -2.09. The Morgan fingerprint density at radius 2 is 2.00 bits per heavy atom. The summed E-state index contributed by atoms with van der Waals surface area (Å²) in [6.45, 7) is 1.19. The smallest absolute Gasteiger partial charge is 0.287 e. The van der Waals surface area contributed by atoms with Crippen LogP contribution in [0, 0.1) is 10.1 Å². The molecule has 0 aliphatic heterocycles. The van der Waals surface area contributed by atoms with E-state index in [1.54, 1.807) is 12.3 Å². The van der Waals surface area contributed by atoms with Crippen LogP contribution >= 0.6 is 0 Å². The first-order chi connectivity index (χ1) is 11.7. The van der Waals surface area contributed by atoms with Gasteiger partial charge in [0.1, 0.15) is 23.3 Å². The van der Waals surface area contributed by atoms with E-state index in [1.165, 1.54) is 12.3 Å². The fourth-order valence-corrected chi connectivity index (χ4v) is 2.26.